The molecule has 0 heterocycles. The second-order valence-corrected chi connectivity index (χ2v) is 3.40. The molecule has 92 valence electrons. The average Bonchev–Trinajstić information content (AvgIpc) is 1.96. The van der Waals surface area contributed by atoms with E-state index in [4.69, 9.17) is 5.11 Å². The minimum atomic E-state index is -5.77. The molecule has 2 nitrogen and oxygen atoms in total. The van der Waals surface area contributed by atoms with Gasteiger partial charge in [0.15, 0.2) is 0 Å². The van der Waals surface area contributed by atoms with E-state index >= 15 is 0 Å². The Morgan fingerprint density at radius 3 is 1.27 bits per heavy atom. The van der Waals surface area contributed by atoms with Gasteiger partial charge in [0, 0.05) is 0 Å². The van der Waals surface area contributed by atoms with Gasteiger partial charge in [-0.3, -0.25) is 0 Å². The molecule has 0 aliphatic carbocycles. The number of halogens is 6. The SMILES string of the molecule is C[C@@H](N(C)C)C(O)(C(F)(F)F)C(F)(F)F. The molecule has 1 N–H and O–H groups in total. The zero-order valence-electron chi connectivity index (χ0n) is 8.24. The van der Waals surface area contributed by atoms with E-state index in [9.17, 15) is 26.3 Å². The van der Waals surface area contributed by atoms with Crippen molar-refractivity contribution in [2.75, 3.05) is 14.1 Å². The number of nitrogens with zero attached hydrogens (tertiary/aromatic N) is 1. The van der Waals surface area contributed by atoms with Crippen LogP contribution in [0.4, 0.5) is 26.3 Å². The third kappa shape index (κ3) is 2.36. The van der Waals surface area contributed by atoms with E-state index in [0.717, 1.165) is 14.1 Å². The minimum Gasteiger partial charge on any atom is -0.372 e. The number of rotatable bonds is 2. The molecule has 15 heavy (non-hydrogen) atoms. The Morgan fingerprint density at radius 2 is 1.20 bits per heavy atom. The summed E-state index contributed by atoms with van der Waals surface area (Å²) >= 11 is 0. The first-order chi connectivity index (χ1) is 6.35. The maximum absolute atomic E-state index is 12.2. The van der Waals surface area contributed by atoms with Gasteiger partial charge in [-0.2, -0.15) is 26.3 Å². The van der Waals surface area contributed by atoms with Crippen LogP contribution in [0.3, 0.4) is 0 Å². The van der Waals surface area contributed by atoms with Crippen LogP contribution in [0.2, 0.25) is 0 Å². The van der Waals surface area contributed by atoms with Gasteiger partial charge in [-0.05, 0) is 21.0 Å². The molecule has 0 rings (SSSR count). The molecule has 0 aromatic heterocycles. The van der Waals surface area contributed by atoms with Gasteiger partial charge in [0.25, 0.3) is 5.60 Å². The first-order valence-electron chi connectivity index (χ1n) is 3.88. The Bertz CT molecular complexity index is 207. The third-order valence-corrected chi connectivity index (χ3v) is 2.24. The summed E-state index contributed by atoms with van der Waals surface area (Å²) in [7, 11) is 2.04. The molecule has 0 saturated carbocycles. The predicted octanol–water partition coefficient (Wildman–Crippen LogP) is 1.79. The number of aliphatic hydroxyl groups is 1. The van der Waals surface area contributed by atoms with Gasteiger partial charge in [-0.15, -0.1) is 0 Å². The summed E-state index contributed by atoms with van der Waals surface area (Å²) in [6.45, 7) is 0.654. The Morgan fingerprint density at radius 1 is 0.933 bits per heavy atom. The summed E-state index contributed by atoms with van der Waals surface area (Å²) in [4.78, 5) is 0.654. The maximum Gasteiger partial charge on any atom is 0.427 e. The van der Waals surface area contributed by atoms with E-state index in [1.807, 2.05) is 0 Å². The summed E-state index contributed by atoms with van der Waals surface area (Å²) in [6.07, 6.45) is -11.5. The summed E-state index contributed by atoms with van der Waals surface area (Å²) in [5.74, 6) is 0. The fourth-order valence-electron chi connectivity index (χ4n) is 1.01. The van der Waals surface area contributed by atoms with Gasteiger partial charge in [0.2, 0.25) is 0 Å². The molecule has 1 atom stereocenters. The normalized spacial score (nSPS) is 17.0. The van der Waals surface area contributed by atoms with E-state index in [-0.39, 0.29) is 0 Å². The summed E-state index contributed by atoms with van der Waals surface area (Å²) in [5.41, 5.74) is -4.72. The average molecular weight is 239 g/mol. The van der Waals surface area contributed by atoms with Crippen molar-refractivity contribution in [2.45, 2.75) is 30.9 Å². The molecule has 0 fully saturated rings. The highest BCUT2D eigenvalue weighted by molar-refractivity contribution is 5.01. The van der Waals surface area contributed by atoms with Crippen molar-refractivity contribution in [3.8, 4) is 0 Å². The van der Waals surface area contributed by atoms with Crippen LogP contribution in [0.15, 0.2) is 0 Å². The topological polar surface area (TPSA) is 23.5 Å². The standard InChI is InChI=1S/C7H11F6NO/c1-4(14(2)3)5(15,6(8,9)10)7(11,12)13/h4,15H,1-3H3/t4-/m1/s1. The lowest BCUT2D eigenvalue weighted by atomic mass is 9.93. The van der Waals surface area contributed by atoms with Gasteiger partial charge in [0.1, 0.15) is 0 Å². The first kappa shape index (κ1) is 14.5. The fourth-order valence-corrected chi connectivity index (χ4v) is 1.01. The van der Waals surface area contributed by atoms with Gasteiger partial charge in [0.05, 0.1) is 6.04 Å². The predicted molar refractivity (Wildman–Crippen MR) is 40.2 cm³/mol. The molecule has 0 radical (unpaired) electrons. The molecule has 0 bridgehead atoms. The van der Waals surface area contributed by atoms with Crippen molar-refractivity contribution >= 4 is 0 Å². The number of likely N-dealkylation sites (N-methyl/N-ethyl adjacent to an activating group) is 1. The van der Waals surface area contributed by atoms with Crippen LogP contribution in [-0.4, -0.2) is 48.1 Å². The molecule has 0 aromatic carbocycles. The lowest BCUT2D eigenvalue weighted by molar-refractivity contribution is -0.381. The van der Waals surface area contributed by atoms with E-state index in [1.54, 1.807) is 0 Å². The van der Waals surface area contributed by atoms with E-state index in [1.165, 1.54) is 0 Å². The summed E-state index contributed by atoms with van der Waals surface area (Å²) in [5, 5.41) is 8.83. The Balaban J connectivity index is 5.43. The molecule has 0 unspecified atom stereocenters. The van der Waals surface area contributed by atoms with E-state index in [2.05, 4.69) is 0 Å². The van der Waals surface area contributed by atoms with Crippen molar-refractivity contribution in [3.63, 3.8) is 0 Å². The van der Waals surface area contributed by atoms with Crippen molar-refractivity contribution in [3.05, 3.63) is 0 Å². The molecule has 0 aliphatic rings. The van der Waals surface area contributed by atoms with E-state index < -0.39 is 24.0 Å². The van der Waals surface area contributed by atoms with Gasteiger partial charge >= 0.3 is 12.4 Å². The Kier molecular flexibility index (Phi) is 3.69. The molecular formula is C7H11F6NO. The Hall–Kier alpha value is -0.500. The van der Waals surface area contributed by atoms with Crippen LogP contribution in [0, 0.1) is 0 Å². The van der Waals surface area contributed by atoms with E-state index in [0.29, 0.717) is 11.8 Å². The number of hydrogen-bond donors (Lipinski definition) is 1. The Labute approximate surface area is 82.5 Å². The minimum absolute atomic E-state index is 0.654. The smallest absolute Gasteiger partial charge is 0.372 e. The summed E-state index contributed by atoms with van der Waals surface area (Å²) < 4.78 is 73.3. The highest BCUT2D eigenvalue weighted by atomic mass is 19.4. The molecule has 0 aliphatic heterocycles. The van der Waals surface area contributed by atoms with Crippen LogP contribution < -0.4 is 0 Å². The molecule has 0 aromatic rings. The van der Waals surface area contributed by atoms with Crippen LogP contribution in [0.1, 0.15) is 6.92 Å². The van der Waals surface area contributed by atoms with Crippen molar-refractivity contribution in [1.82, 2.24) is 4.90 Å². The monoisotopic (exact) mass is 239 g/mol. The van der Waals surface area contributed by atoms with Gasteiger partial charge in [-0.1, -0.05) is 0 Å². The maximum atomic E-state index is 12.2. The van der Waals surface area contributed by atoms with Crippen molar-refractivity contribution in [2.24, 2.45) is 0 Å². The van der Waals surface area contributed by atoms with Gasteiger partial charge < -0.3 is 10.0 Å². The fraction of sp³-hybridized carbons (Fsp3) is 1.00. The molecular weight excluding hydrogens is 228 g/mol. The van der Waals surface area contributed by atoms with Crippen molar-refractivity contribution < 1.29 is 31.4 Å². The van der Waals surface area contributed by atoms with Crippen LogP contribution in [0.5, 0.6) is 0 Å². The lowest BCUT2D eigenvalue weighted by Crippen LogP contribution is -2.66. The van der Waals surface area contributed by atoms with Crippen LogP contribution in [0.25, 0.3) is 0 Å². The second-order valence-electron chi connectivity index (χ2n) is 3.40. The zero-order chi connectivity index (χ0) is 12.7. The largest absolute Gasteiger partial charge is 0.427 e. The van der Waals surface area contributed by atoms with Gasteiger partial charge in [-0.25, -0.2) is 0 Å². The molecule has 0 spiro atoms. The zero-order valence-corrected chi connectivity index (χ0v) is 8.24. The lowest BCUT2D eigenvalue weighted by Gasteiger charge is -2.39. The van der Waals surface area contributed by atoms with Crippen LogP contribution >= 0.6 is 0 Å². The highest BCUT2D eigenvalue weighted by Gasteiger charge is 2.73. The van der Waals surface area contributed by atoms with Crippen molar-refractivity contribution in [1.29, 1.82) is 0 Å². The second kappa shape index (κ2) is 3.82. The first-order valence-corrected chi connectivity index (χ1v) is 3.88. The number of hydrogen-bond acceptors (Lipinski definition) is 2. The summed E-state index contributed by atoms with van der Waals surface area (Å²) in [6, 6.07) is -2.13. The molecule has 0 amide bonds. The molecule has 8 heteroatoms. The number of alkyl halides is 6. The quantitative estimate of drug-likeness (QED) is 0.742. The highest BCUT2D eigenvalue weighted by Crippen LogP contribution is 2.46. The van der Waals surface area contributed by atoms with Crippen LogP contribution in [-0.2, 0) is 0 Å². The molecule has 0 saturated heterocycles. The third-order valence-electron chi connectivity index (χ3n) is 2.24.